The Morgan fingerprint density at radius 3 is 2.66 bits per heavy atom. The number of carboxylic acids is 1. The molecule has 8 nitrogen and oxygen atoms in total. The summed E-state index contributed by atoms with van der Waals surface area (Å²) >= 11 is 5.31. The molecule has 3 aromatic rings. The number of aromatic hydroxyl groups is 2. The lowest BCUT2D eigenvalue weighted by atomic mass is 10.1. The maximum atomic E-state index is 11.6. The van der Waals surface area contributed by atoms with Gasteiger partial charge in [0.15, 0.2) is 22.1 Å². The van der Waals surface area contributed by atoms with Crippen LogP contribution in [0.2, 0.25) is 0 Å². The highest BCUT2D eigenvalue weighted by atomic mass is 32.1. The summed E-state index contributed by atoms with van der Waals surface area (Å²) < 4.78 is 2.33. The predicted molar refractivity (Wildman–Crippen MR) is 110 cm³/mol. The van der Waals surface area contributed by atoms with Crippen molar-refractivity contribution < 1.29 is 20.1 Å². The van der Waals surface area contributed by atoms with Gasteiger partial charge in [0.05, 0.1) is 0 Å². The van der Waals surface area contributed by atoms with E-state index in [-0.39, 0.29) is 18.0 Å². The minimum atomic E-state index is -0.983. The van der Waals surface area contributed by atoms with Crippen LogP contribution < -0.4 is 5.32 Å². The number of nitrogens with zero attached hydrogens (tertiary/aromatic N) is 2. The normalized spacial score (nSPS) is 12.0. The average Bonchev–Trinajstić information content (AvgIpc) is 3.08. The Kier molecular flexibility index (Phi) is 6.63. The maximum Gasteiger partial charge on any atom is 0.320 e. The number of para-hydroxylation sites is 1. The van der Waals surface area contributed by atoms with Crippen LogP contribution in [0.4, 0.5) is 0 Å². The second-order valence-electron chi connectivity index (χ2n) is 6.57. The molecule has 0 amide bonds. The summed E-state index contributed by atoms with van der Waals surface area (Å²) in [5.74, 6) is -0.760. The van der Waals surface area contributed by atoms with Crippen molar-refractivity contribution in [1.82, 2.24) is 20.1 Å². The van der Waals surface area contributed by atoms with E-state index in [2.05, 4.69) is 15.5 Å². The van der Waals surface area contributed by atoms with E-state index in [1.54, 1.807) is 12.1 Å². The van der Waals surface area contributed by atoms with Crippen molar-refractivity contribution in [2.24, 2.45) is 0 Å². The van der Waals surface area contributed by atoms with Crippen LogP contribution in [0.15, 0.2) is 48.5 Å². The van der Waals surface area contributed by atoms with Crippen LogP contribution in [-0.2, 0) is 17.9 Å². The SMILES string of the molecule is O=C(O)C(CCCn1c(-c2ccccc2)n[nH]c1=S)NCc1cccc(O)c1O. The molecule has 3 rings (SSSR count). The zero-order chi connectivity index (χ0) is 20.8. The van der Waals surface area contributed by atoms with Crippen LogP contribution in [0.5, 0.6) is 11.5 Å². The minimum Gasteiger partial charge on any atom is -0.504 e. The van der Waals surface area contributed by atoms with Crippen molar-refractivity contribution in [3.8, 4) is 22.9 Å². The Morgan fingerprint density at radius 2 is 1.93 bits per heavy atom. The Balaban J connectivity index is 1.62. The van der Waals surface area contributed by atoms with E-state index < -0.39 is 12.0 Å². The second-order valence-corrected chi connectivity index (χ2v) is 6.96. The van der Waals surface area contributed by atoms with Gasteiger partial charge in [0.2, 0.25) is 0 Å². The van der Waals surface area contributed by atoms with Crippen LogP contribution in [0, 0.1) is 4.77 Å². The van der Waals surface area contributed by atoms with Crippen molar-refractivity contribution in [2.45, 2.75) is 32.0 Å². The van der Waals surface area contributed by atoms with E-state index in [9.17, 15) is 20.1 Å². The summed E-state index contributed by atoms with van der Waals surface area (Å²) in [5, 5.41) is 38.9. The number of benzene rings is 2. The molecule has 0 saturated heterocycles. The van der Waals surface area contributed by atoms with Crippen molar-refractivity contribution in [3.63, 3.8) is 0 Å². The molecule has 0 radical (unpaired) electrons. The number of phenols is 2. The fourth-order valence-electron chi connectivity index (χ4n) is 3.05. The summed E-state index contributed by atoms with van der Waals surface area (Å²) in [4.78, 5) is 11.6. The number of aromatic nitrogens is 3. The maximum absolute atomic E-state index is 11.6. The molecule has 29 heavy (non-hydrogen) atoms. The number of H-pyrrole nitrogens is 1. The minimum absolute atomic E-state index is 0.123. The highest BCUT2D eigenvalue weighted by Crippen LogP contribution is 2.28. The van der Waals surface area contributed by atoms with Gasteiger partial charge in [0, 0.05) is 24.2 Å². The quantitative estimate of drug-likeness (QED) is 0.269. The Hall–Kier alpha value is -3.17. The lowest BCUT2D eigenvalue weighted by Crippen LogP contribution is -2.36. The highest BCUT2D eigenvalue weighted by Gasteiger charge is 2.18. The standard InChI is InChI=1S/C20H22N4O4S/c25-16-10-4-8-14(17(16)26)12-21-15(19(27)28)9-5-11-24-18(22-23-20(24)29)13-6-2-1-3-7-13/h1-4,6-8,10,15,21,25-26H,5,9,11-12H2,(H,23,29)(H,27,28). The lowest BCUT2D eigenvalue weighted by Gasteiger charge is -2.16. The van der Waals surface area contributed by atoms with Gasteiger partial charge in [-0.25, -0.2) is 0 Å². The van der Waals surface area contributed by atoms with Crippen LogP contribution in [0.3, 0.4) is 0 Å². The molecule has 1 aromatic heterocycles. The molecule has 1 unspecified atom stereocenters. The highest BCUT2D eigenvalue weighted by molar-refractivity contribution is 7.71. The van der Waals surface area contributed by atoms with E-state index >= 15 is 0 Å². The topological polar surface area (TPSA) is 123 Å². The molecule has 0 aliphatic carbocycles. The van der Waals surface area contributed by atoms with Crippen LogP contribution in [-0.4, -0.2) is 42.1 Å². The van der Waals surface area contributed by atoms with Gasteiger partial charge in [-0.3, -0.25) is 9.89 Å². The van der Waals surface area contributed by atoms with Gasteiger partial charge in [-0.05, 0) is 31.1 Å². The van der Waals surface area contributed by atoms with Gasteiger partial charge >= 0.3 is 5.97 Å². The molecule has 0 bridgehead atoms. The lowest BCUT2D eigenvalue weighted by molar-refractivity contribution is -0.139. The summed E-state index contributed by atoms with van der Waals surface area (Å²) in [7, 11) is 0. The molecule has 0 fully saturated rings. The first-order valence-corrected chi connectivity index (χ1v) is 9.55. The molecule has 0 saturated carbocycles. The number of aliphatic carboxylic acids is 1. The molecule has 1 atom stereocenters. The largest absolute Gasteiger partial charge is 0.504 e. The number of phenolic OH excluding ortho intramolecular Hbond substituents is 2. The summed E-state index contributed by atoms with van der Waals surface area (Å²) in [6.07, 6.45) is 0.916. The Morgan fingerprint density at radius 1 is 1.17 bits per heavy atom. The zero-order valence-electron chi connectivity index (χ0n) is 15.6. The third kappa shape index (κ3) is 5.01. The van der Waals surface area contributed by atoms with Crippen molar-refractivity contribution in [3.05, 3.63) is 58.9 Å². The fraction of sp³-hybridized carbons (Fsp3) is 0.250. The van der Waals surface area contributed by atoms with Crippen molar-refractivity contribution in [1.29, 1.82) is 0 Å². The summed E-state index contributed by atoms with van der Waals surface area (Å²) in [6, 6.07) is 13.4. The number of rotatable bonds is 9. The monoisotopic (exact) mass is 414 g/mol. The second kappa shape index (κ2) is 9.35. The molecule has 9 heteroatoms. The summed E-state index contributed by atoms with van der Waals surface area (Å²) in [5.41, 5.74) is 1.35. The van der Waals surface area contributed by atoms with Crippen LogP contribution >= 0.6 is 12.2 Å². The third-order valence-electron chi connectivity index (χ3n) is 4.60. The van der Waals surface area contributed by atoms with Gasteiger partial charge in [0.25, 0.3) is 0 Å². The number of hydrogen-bond acceptors (Lipinski definition) is 6. The first-order chi connectivity index (χ1) is 14.0. The Labute approximate surface area is 172 Å². The van der Waals surface area contributed by atoms with E-state index in [4.69, 9.17) is 12.2 Å². The number of hydrogen-bond donors (Lipinski definition) is 5. The zero-order valence-corrected chi connectivity index (χ0v) is 16.4. The average molecular weight is 414 g/mol. The van der Waals surface area contributed by atoms with E-state index in [0.717, 1.165) is 5.56 Å². The fourth-order valence-corrected chi connectivity index (χ4v) is 3.28. The van der Waals surface area contributed by atoms with Gasteiger partial charge in [0.1, 0.15) is 6.04 Å². The van der Waals surface area contributed by atoms with Crippen LogP contribution in [0.1, 0.15) is 18.4 Å². The smallest absolute Gasteiger partial charge is 0.320 e. The molecule has 0 spiro atoms. The van der Waals surface area contributed by atoms with E-state index in [1.165, 1.54) is 6.07 Å². The number of carboxylic acid groups (broad SMARTS) is 1. The first kappa shape index (κ1) is 20.6. The molecular weight excluding hydrogens is 392 g/mol. The molecular formula is C20H22N4O4S. The van der Waals surface area contributed by atoms with E-state index in [0.29, 0.717) is 35.5 Å². The van der Waals surface area contributed by atoms with Gasteiger partial charge < -0.3 is 25.2 Å². The molecule has 0 aliphatic rings. The third-order valence-corrected chi connectivity index (χ3v) is 4.91. The van der Waals surface area contributed by atoms with Crippen LogP contribution in [0.25, 0.3) is 11.4 Å². The summed E-state index contributed by atoms with van der Waals surface area (Å²) in [6.45, 7) is 0.639. The number of nitrogens with one attached hydrogen (secondary N) is 2. The molecule has 0 aliphatic heterocycles. The van der Waals surface area contributed by atoms with E-state index in [1.807, 2.05) is 34.9 Å². The van der Waals surface area contributed by atoms with Gasteiger partial charge in [-0.15, -0.1) is 0 Å². The molecule has 2 aromatic carbocycles. The number of carbonyl (C=O) groups is 1. The van der Waals surface area contributed by atoms with Gasteiger partial charge in [-0.1, -0.05) is 42.5 Å². The molecule has 5 N–H and O–H groups in total. The van der Waals surface area contributed by atoms with Crippen molar-refractivity contribution >= 4 is 18.2 Å². The van der Waals surface area contributed by atoms with Gasteiger partial charge in [-0.2, -0.15) is 5.10 Å². The Bertz CT molecular complexity index is 1030. The number of aromatic amines is 1. The molecule has 1 heterocycles. The first-order valence-electron chi connectivity index (χ1n) is 9.14. The molecule has 152 valence electrons. The van der Waals surface area contributed by atoms with Crippen molar-refractivity contribution in [2.75, 3.05) is 0 Å². The predicted octanol–water partition coefficient (Wildman–Crippen LogP) is 3.04.